The topological polar surface area (TPSA) is 146 Å². The van der Waals surface area contributed by atoms with Gasteiger partial charge in [0.1, 0.15) is 25.6 Å². The Morgan fingerprint density at radius 1 is 1.29 bits per heavy atom. The lowest BCUT2D eigenvalue weighted by molar-refractivity contribution is -0.170. The number of Topliss-reactive ketones (excluding diaryl/α,β-unsaturated/α-hetero) is 1. The SMILES string of the molecule is CC(=O)OC[C@H]1O[C@@H](n2ccc(=O)[nH]c2=O)[C@H](OCO[Si](C)(C)C(C)(C)C(C)C)[C@@]1(O)C(C)=O. The fraction of sp³-hybridized carbons (Fsp3) is 0.727. The minimum atomic E-state index is -2.32. The minimum absolute atomic E-state index is 0.119. The lowest BCUT2D eigenvalue weighted by Crippen LogP contribution is -2.56. The lowest BCUT2D eigenvalue weighted by Gasteiger charge is -2.42. The number of rotatable bonds is 10. The first-order valence-electron chi connectivity index (χ1n) is 11.1. The highest BCUT2D eigenvalue weighted by Crippen LogP contribution is 2.45. The normalized spacial score (nSPS) is 25.5. The van der Waals surface area contributed by atoms with Crippen LogP contribution < -0.4 is 11.2 Å². The molecule has 192 valence electrons. The van der Waals surface area contributed by atoms with E-state index < -0.39 is 62.0 Å². The Balaban J connectivity index is 2.42. The van der Waals surface area contributed by atoms with Crippen LogP contribution in [-0.4, -0.2) is 65.9 Å². The predicted octanol–water partition coefficient (Wildman–Crippen LogP) is 1.32. The number of nitrogens with zero attached hydrogens (tertiary/aromatic N) is 1. The third-order valence-corrected chi connectivity index (χ3v) is 11.8. The van der Waals surface area contributed by atoms with Crippen LogP contribution in [0.2, 0.25) is 18.1 Å². The van der Waals surface area contributed by atoms with E-state index in [-0.39, 0.29) is 11.8 Å². The summed E-state index contributed by atoms with van der Waals surface area (Å²) in [4.78, 5) is 50.1. The van der Waals surface area contributed by atoms with Crippen molar-refractivity contribution < 1.29 is 33.3 Å². The molecule has 34 heavy (non-hydrogen) atoms. The average Bonchev–Trinajstić information content (AvgIpc) is 2.99. The van der Waals surface area contributed by atoms with Crippen LogP contribution in [0.1, 0.15) is 47.8 Å². The number of H-pyrrole nitrogens is 1. The maximum atomic E-state index is 12.6. The second-order valence-electron chi connectivity index (χ2n) is 9.95. The zero-order valence-corrected chi connectivity index (χ0v) is 22.0. The van der Waals surface area contributed by atoms with Crippen LogP contribution >= 0.6 is 0 Å². The van der Waals surface area contributed by atoms with Crippen molar-refractivity contribution in [2.24, 2.45) is 5.92 Å². The van der Waals surface area contributed by atoms with E-state index in [0.717, 1.165) is 17.6 Å². The molecule has 1 aromatic rings. The molecule has 2 N–H and O–H groups in total. The number of aromatic amines is 1. The van der Waals surface area contributed by atoms with Gasteiger partial charge >= 0.3 is 11.7 Å². The number of nitrogens with one attached hydrogen (secondary N) is 1. The molecule has 0 aliphatic carbocycles. The molecule has 0 radical (unpaired) electrons. The van der Waals surface area contributed by atoms with Gasteiger partial charge in [-0.3, -0.25) is 23.9 Å². The van der Waals surface area contributed by atoms with Gasteiger partial charge in [-0.25, -0.2) is 4.79 Å². The molecule has 1 saturated heterocycles. The fourth-order valence-electron chi connectivity index (χ4n) is 3.71. The lowest BCUT2D eigenvalue weighted by atomic mass is 9.88. The first-order chi connectivity index (χ1) is 15.6. The Morgan fingerprint density at radius 3 is 2.41 bits per heavy atom. The third kappa shape index (κ3) is 5.41. The molecule has 0 aromatic carbocycles. The predicted molar refractivity (Wildman–Crippen MR) is 125 cm³/mol. The fourth-order valence-corrected chi connectivity index (χ4v) is 5.84. The summed E-state index contributed by atoms with van der Waals surface area (Å²) in [6, 6.07) is 1.10. The molecular formula is C22H36N2O9Si. The molecule has 0 spiro atoms. The molecule has 0 unspecified atom stereocenters. The first-order valence-corrected chi connectivity index (χ1v) is 14.1. The summed E-state index contributed by atoms with van der Waals surface area (Å²) in [6.45, 7) is 14.2. The van der Waals surface area contributed by atoms with Crippen LogP contribution in [-0.2, 0) is 28.2 Å². The quantitative estimate of drug-likeness (QED) is 0.276. The maximum absolute atomic E-state index is 12.6. The van der Waals surface area contributed by atoms with Crippen molar-refractivity contribution in [3.05, 3.63) is 33.1 Å². The summed E-state index contributed by atoms with van der Waals surface area (Å²) >= 11 is 0. The minimum Gasteiger partial charge on any atom is -0.463 e. The number of esters is 1. The van der Waals surface area contributed by atoms with E-state index in [1.54, 1.807) is 0 Å². The van der Waals surface area contributed by atoms with Crippen LogP contribution in [0.4, 0.5) is 0 Å². The highest BCUT2D eigenvalue weighted by Gasteiger charge is 2.61. The summed E-state index contributed by atoms with van der Waals surface area (Å²) in [5.74, 6) is -1.00. The first kappa shape index (κ1) is 28.1. The Morgan fingerprint density at radius 2 is 1.91 bits per heavy atom. The Kier molecular flexibility index (Phi) is 8.47. The molecular weight excluding hydrogens is 464 g/mol. The van der Waals surface area contributed by atoms with Gasteiger partial charge in [0.2, 0.25) is 0 Å². The van der Waals surface area contributed by atoms with Gasteiger partial charge in [0.15, 0.2) is 25.9 Å². The molecule has 1 fully saturated rings. The molecule has 11 nitrogen and oxygen atoms in total. The summed E-state index contributed by atoms with van der Waals surface area (Å²) in [6.07, 6.45) is -2.83. The molecule has 0 amide bonds. The monoisotopic (exact) mass is 500 g/mol. The number of hydrogen-bond acceptors (Lipinski definition) is 9. The van der Waals surface area contributed by atoms with Gasteiger partial charge in [-0.2, -0.15) is 0 Å². The van der Waals surface area contributed by atoms with Gasteiger partial charge in [0.25, 0.3) is 5.56 Å². The summed E-state index contributed by atoms with van der Waals surface area (Å²) in [7, 11) is -2.32. The maximum Gasteiger partial charge on any atom is 0.330 e. The van der Waals surface area contributed by atoms with Gasteiger partial charge in [-0.15, -0.1) is 0 Å². The van der Waals surface area contributed by atoms with E-state index >= 15 is 0 Å². The Hall–Kier alpha value is -2.12. The number of carbonyl (C=O) groups is 2. The molecule has 1 aliphatic rings. The van der Waals surface area contributed by atoms with Crippen molar-refractivity contribution >= 4 is 20.1 Å². The van der Waals surface area contributed by atoms with E-state index in [4.69, 9.17) is 18.6 Å². The molecule has 2 heterocycles. The van der Waals surface area contributed by atoms with Crippen molar-refractivity contribution in [2.75, 3.05) is 13.4 Å². The summed E-state index contributed by atoms with van der Waals surface area (Å²) in [5, 5.41) is 11.3. The number of ketones is 1. The number of ether oxygens (including phenoxy) is 3. The summed E-state index contributed by atoms with van der Waals surface area (Å²) < 4.78 is 23.9. The van der Waals surface area contributed by atoms with Gasteiger partial charge in [0, 0.05) is 19.2 Å². The second-order valence-corrected chi connectivity index (χ2v) is 14.6. The molecule has 1 aromatic heterocycles. The van der Waals surface area contributed by atoms with Gasteiger partial charge in [0.05, 0.1) is 0 Å². The highest BCUT2D eigenvalue weighted by atomic mass is 28.4. The number of hydrogen-bond donors (Lipinski definition) is 2. The van der Waals surface area contributed by atoms with Gasteiger partial charge in [-0.05, 0) is 31.0 Å². The number of carbonyl (C=O) groups excluding carboxylic acids is 2. The molecule has 0 saturated carbocycles. The van der Waals surface area contributed by atoms with Gasteiger partial charge in [-0.1, -0.05) is 27.7 Å². The highest BCUT2D eigenvalue weighted by molar-refractivity contribution is 6.74. The van der Waals surface area contributed by atoms with Crippen molar-refractivity contribution in [2.45, 2.75) is 83.7 Å². The average molecular weight is 501 g/mol. The Bertz CT molecular complexity index is 1020. The van der Waals surface area contributed by atoms with E-state index in [2.05, 4.69) is 32.7 Å². The zero-order chi connectivity index (χ0) is 26.1. The van der Waals surface area contributed by atoms with Crippen molar-refractivity contribution in [3.8, 4) is 0 Å². The van der Waals surface area contributed by atoms with Crippen LogP contribution in [0.5, 0.6) is 0 Å². The molecule has 12 heteroatoms. The largest absolute Gasteiger partial charge is 0.463 e. The molecule has 2 rings (SSSR count). The van der Waals surface area contributed by atoms with Crippen LogP contribution in [0, 0.1) is 5.92 Å². The molecule has 1 aliphatic heterocycles. The van der Waals surface area contributed by atoms with E-state index in [1.807, 2.05) is 13.1 Å². The van der Waals surface area contributed by atoms with Crippen molar-refractivity contribution in [1.82, 2.24) is 9.55 Å². The third-order valence-electron chi connectivity index (χ3n) is 7.28. The number of aliphatic hydroxyl groups is 1. The summed E-state index contributed by atoms with van der Waals surface area (Å²) in [5.41, 5.74) is -3.69. The smallest absolute Gasteiger partial charge is 0.330 e. The van der Waals surface area contributed by atoms with Crippen molar-refractivity contribution in [3.63, 3.8) is 0 Å². The van der Waals surface area contributed by atoms with E-state index in [9.17, 15) is 24.3 Å². The van der Waals surface area contributed by atoms with E-state index in [0.29, 0.717) is 5.92 Å². The van der Waals surface area contributed by atoms with Crippen molar-refractivity contribution in [1.29, 1.82) is 0 Å². The molecule has 0 bridgehead atoms. The molecule has 4 atom stereocenters. The standard InChI is InChI=1S/C22H36N2O9Si/c1-13(2)21(5,6)34(7,8)32-12-31-18-19(24-10-9-17(27)23-20(24)28)33-16(11-30-15(4)26)22(18,29)14(3)25/h9-10,13,16,18-19,29H,11-12H2,1-8H3,(H,23,27,28)/t16-,18+,19-,22-/m1/s1. The number of aromatic nitrogens is 2. The van der Waals surface area contributed by atoms with Gasteiger partial charge < -0.3 is 23.7 Å². The Labute approximate surface area is 199 Å². The zero-order valence-electron chi connectivity index (χ0n) is 21.0. The van der Waals surface area contributed by atoms with Crippen LogP contribution in [0.25, 0.3) is 0 Å². The van der Waals surface area contributed by atoms with E-state index in [1.165, 1.54) is 13.1 Å². The van der Waals surface area contributed by atoms with Crippen LogP contribution in [0.3, 0.4) is 0 Å². The van der Waals surface area contributed by atoms with Crippen LogP contribution in [0.15, 0.2) is 21.9 Å². The second kappa shape index (κ2) is 10.2.